The summed E-state index contributed by atoms with van der Waals surface area (Å²) in [5, 5.41) is 16.3. The second-order valence-corrected chi connectivity index (χ2v) is 4.86. The number of carbonyl (C=O) groups is 1. The summed E-state index contributed by atoms with van der Waals surface area (Å²) in [6, 6.07) is 3.31. The van der Waals surface area contributed by atoms with Crippen molar-refractivity contribution >= 4 is 17.3 Å². The summed E-state index contributed by atoms with van der Waals surface area (Å²) >= 11 is 0. The number of carbonyl (C=O) groups excluding carboxylic acids is 1. The van der Waals surface area contributed by atoms with E-state index in [1.165, 1.54) is 6.07 Å². The summed E-state index contributed by atoms with van der Waals surface area (Å²) < 4.78 is 13.2. The van der Waals surface area contributed by atoms with Gasteiger partial charge in [0, 0.05) is 18.3 Å². The smallest absolute Gasteiger partial charge is 0.306 e. The number of nitrogens with zero attached hydrogens (tertiary/aromatic N) is 1. The van der Waals surface area contributed by atoms with E-state index in [1.807, 2.05) is 6.92 Å². The van der Waals surface area contributed by atoms with Gasteiger partial charge in [-0.2, -0.15) is 4.39 Å². The Labute approximate surface area is 109 Å². The molecule has 1 aliphatic rings. The lowest BCUT2D eigenvalue weighted by Gasteiger charge is -2.21. The maximum Gasteiger partial charge on any atom is 0.306 e. The van der Waals surface area contributed by atoms with Crippen LogP contribution in [0.5, 0.6) is 0 Å². The van der Waals surface area contributed by atoms with Gasteiger partial charge in [0.25, 0.3) is 0 Å². The molecule has 1 aromatic rings. The standard InChI is InChI=1S/C12H14FN3O3/c1-12(4-5-14-7-12)11(17)15-8-2-3-9(13)10(6-8)16(18)19/h2-3,6,14H,4-5,7H2,1H3,(H,15,17). The largest absolute Gasteiger partial charge is 0.325 e. The van der Waals surface area contributed by atoms with E-state index in [1.54, 1.807) is 0 Å². The zero-order chi connectivity index (χ0) is 14.0. The Morgan fingerprint density at radius 1 is 1.58 bits per heavy atom. The Bertz CT molecular complexity index is 527. The minimum Gasteiger partial charge on any atom is -0.325 e. The van der Waals surface area contributed by atoms with E-state index < -0.39 is 21.8 Å². The molecule has 1 fully saturated rings. The number of anilines is 1. The van der Waals surface area contributed by atoms with Gasteiger partial charge in [-0.05, 0) is 32.0 Å². The second-order valence-electron chi connectivity index (χ2n) is 4.86. The van der Waals surface area contributed by atoms with Crippen LogP contribution < -0.4 is 10.6 Å². The minimum atomic E-state index is -0.920. The first kappa shape index (κ1) is 13.4. The molecule has 7 heteroatoms. The molecule has 1 atom stereocenters. The van der Waals surface area contributed by atoms with Gasteiger partial charge < -0.3 is 10.6 Å². The molecule has 2 N–H and O–H groups in total. The van der Waals surface area contributed by atoms with Gasteiger partial charge in [0.05, 0.1) is 10.3 Å². The third-order valence-electron chi connectivity index (χ3n) is 3.32. The fourth-order valence-electron chi connectivity index (χ4n) is 2.02. The van der Waals surface area contributed by atoms with Crippen LogP contribution in [0.15, 0.2) is 18.2 Å². The minimum absolute atomic E-state index is 0.224. The summed E-state index contributed by atoms with van der Waals surface area (Å²) in [6.07, 6.45) is 0.697. The van der Waals surface area contributed by atoms with Crippen LogP contribution in [0.2, 0.25) is 0 Å². The van der Waals surface area contributed by atoms with Crippen molar-refractivity contribution in [1.82, 2.24) is 5.32 Å². The van der Waals surface area contributed by atoms with Gasteiger partial charge in [-0.15, -0.1) is 0 Å². The molecule has 6 nitrogen and oxygen atoms in total. The van der Waals surface area contributed by atoms with Crippen LogP contribution in [-0.4, -0.2) is 23.9 Å². The van der Waals surface area contributed by atoms with Crippen molar-refractivity contribution in [1.29, 1.82) is 0 Å². The van der Waals surface area contributed by atoms with Gasteiger partial charge in [-0.1, -0.05) is 0 Å². The van der Waals surface area contributed by atoms with Crippen LogP contribution in [0.3, 0.4) is 0 Å². The normalized spacial score (nSPS) is 22.2. The lowest BCUT2D eigenvalue weighted by Crippen LogP contribution is -2.35. The summed E-state index contributed by atoms with van der Waals surface area (Å²) in [5.74, 6) is -1.14. The summed E-state index contributed by atoms with van der Waals surface area (Å²) in [7, 11) is 0. The zero-order valence-electron chi connectivity index (χ0n) is 10.4. The molecule has 0 saturated carbocycles. The number of benzene rings is 1. The van der Waals surface area contributed by atoms with Crippen LogP contribution in [0.25, 0.3) is 0 Å². The Hall–Kier alpha value is -2.02. The number of amides is 1. The van der Waals surface area contributed by atoms with E-state index in [9.17, 15) is 19.3 Å². The molecule has 0 radical (unpaired) electrons. The molecule has 1 unspecified atom stereocenters. The third kappa shape index (κ3) is 2.70. The molecule has 1 amide bonds. The summed E-state index contributed by atoms with van der Waals surface area (Å²) in [4.78, 5) is 21.9. The van der Waals surface area contributed by atoms with Gasteiger partial charge in [0.2, 0.25) is 11.7 Å². The first-order valence-corrected chi connectivity index (χ1v) is 5.88. The molecule has 19 heavy (non-hydrogen) atoms. The molecule has 0 spiro atoms. The Morgan fingerprint density at radius 2 is 2.32 bits per heavy atom. The zero-order valence-corrected chi connectivity index (χ0v) is 10.4. The average molecular weight is 267 g/mol. The van der Waals surface area contributed by atoms with E-state index in [2.05, 4.69) is 10.6 Å². The van der Waals surface area contributed by atoms with Crippen LogP contribution in [0.4, 0.5) is 15.8 Å². The average Bonchev–Trinajstić information content (AvgIpc) is 2.79. The molecule has 1 aromatic carbocycles. The lowest BCUT2D eigenvalue weighted by atomic mass is 9.89. The maximum atomic E-state index is 13.2. The van der Waals surface area contributed by atoms with Gasteiger partial charge in [-0.25, -0.2) is 0 Å². The predicted octanol–water partition coefficient (Wildman–Crippen LogP) is 1.67. The summed E-state index contributed by atoms with van der Waals surface area (Å²) in [6.45, 7) is 3.13. The molecule has 1 aliphatic heterocycles. The van der Waals surface area contributed by atoms with E-state index in [-0.39, 0.29) is 11.6 Å². The van der Waals surface area contributed by atoms with E-state index in [0.717, 1.165) is 18.7 Å². The molecular formula is C12H14FN3O3. The van der Waals surface area contributed by atoms with E-state index in [0.29, 0.717) is 13.0 Å². The van der Waals surface area contributed by atoms with Crippen molar-refractivity contribution in [3.8, 4) is 0 Å². The molecule has 1 heterocycles. The first-order chi connectivity index (χ1) is 8.92. The monoisotopic (exact) mass is 267 g/mol. The highest BCUT2D eigenvalue weighted by Crippen LogP contribution is 2.28. The van der Waals surface area contributed by atoms with E-state index in [4.69, 9.17) is 0 Å². The Morgan fingerprint density at radius 3 is 2.89 bits per heavy atom. The highest BCUT2D eigenvalue weighted by Gasteiger charge is 2.36. The molecular weight excluding hydrogens is 253 g/mol. The highest BCUT2D eigenvalue weighted by molar-refractivity contribution is 5.95. The number of nitro groups is 1. The van der Waals surface area contributed by atoms with Crippen molar-refractivity contribution in [3.05, 3.63) is 34.1 Å². The molecule has 0 bridgehead atoms. The highest BCUT2D eigenvalue weighted by atomic mass is 19.1. The lowest BCUT2D eigenvalue weighted by molar-refractivity contribution is -0.387. The van der Waals surface area contributed by atoms with Crippen LogP contribution >= 0.6 is 0 Å². The first-order valence-electron chi connectivity index (χ1n) is 5.88. The topological polar surface area (TPSA) is 84.3 Å². The number of halogens is 1. The quantitative estimate of drug-likeness (QED) is 0.644. The number of rotatable bonds is 3. The fraction of sp³-hybridized carbons (Fsp3) is 0.417. The van der Waals surface area contributed by atoms with Gasteiger partial charge in [-0.3, -0.25) is 14.9 Å². The van der Waals surface area contributed by atoms with E-state index >= 15 is 0 Å². The number of nitro benzene ring substituents is 1. The molecule has 1 saturated heterocycles. The molecule has 2 rings (SSSR count). The predicted molar refractivity (Wildman–Crippen MR) is 67.3 cm³/mol. The van der Waals surface area contributed by atoms with Crippen molar-refractivity contribution in [2.75, 3.05) is 18.4 Å². The number of hydrogen-bond acceptors (Lipinski definition) is 4. The molecule has 102 valence electrons. The third-order valence-corrected chi connectivity index (χ3v) is 3.32. The Kier molecular flexibility index (Phi) is 3.48. The van der Waals surface area contributed by atoms with Crippen LogP contribution in [-0.2, 0) is 4.79 Å². The number of nitrogens with one attached hydrogen (secondary N) is 2. The molecule has 0 aromatic heterocycles. The maximum absolute atomic E-state index is 13.2. The van der Waals surface area contributed by atoms with Gasteiger partial charge >= 0.3 is 5.69 Å². The SMILES string of the molecule is CC1(C(=O)Nc2ccc(F)c([N+](=O)[O-])c2)CCNC1. The van der Waals surface area contributed by atoms with Crippen molar-refractivity contribution in [2.45, 2.75) is 13.3 Å². The Balaban J connectivity index is 2.17. The number of hydrogen-bond donors (Lipinski definition) is 2. The fourth-order valence-corrected chi connectivity index (χ4v) is 2.02. The van der Waals surface area contributed by atoms with Gasteiger partial charge in [0.15, 0.2) is 0 Å². The molecule has 0 aliphatic carbocycles. The summed E-state index contributed by atoms with van der Waals surface area (Å²) in [5.41, 5.74) is -0.956. The van der Waals surface area contributed by atoms with Crippen LogP contribution in [0.1, 0.15) is 13.3 Å². The van der Waals surface area contributed by atoms with Crippen molar-refractivity contribution in [2.24, 2.45) is 5.41 Å². The van der Waals surface area contributed by atoms with Crippen molar-refractivity contribution in [3.63, 3.8) is 0 Å². The van der Waals surface area contributed by atoms with Gasteiger partial charge in [0.1, 0.15) is 0 Å². The van der Waals surface area contributed by atoms with Crippen molar-refractivity contribution < 1.29 is 14.1 Å². The second kappa shape index (κ2) is 4.93. The van der Waals surface area contributed by atoms with Crippen LogP contribution in [0, 0.1) is 21.3 Å².